The van der Waals surface area contributed by atoms with Crippen LogP contribution in [0.4, 0.5) is 4.79 Å². The molecule has 0 fully saturated rings. The van der Waals surface area contributed by atoms with Crippen molar-refractivity contribution in [2.45, 2.75) is 80.0 Å². The highest BCUT2D eigenvalue weighted by Crippen LogP contribution is 2.29. The molecule has 3 amide bonds. The highest BCUT2D eigenvalue weighted by molar-refractivity contribution is 7.21. The lowest BCUT2D eigenvalue weighted by molar-refractivity contribution is -0.146. The van der Waals surface area contributed by atoms with Gasteiger partial charge in [-0.2, -0.15) is 0 Å². The van der Waals surface area contributed by atoms with Crippen LogP contribution >= 0.6 is 34.0 Å². The minimum Gasteiger partial charge on any atom is -0.477 e. The van der Waals surface area contributed by atoms with Gasteiger partial charge in [-0.3, -0.25) is 29.3 Å². The SMILES string of the molecule is Cc1ccnc2cc(C(=O)NC[C@@H](N)C(=O)OCCC(C)C)sc12.Cc1ccnc2cc(C(=O)NC[C@@H](NC(=O)OCc3ccccc3)C(=O)OCCC(C)C)sc12.Cc1ccnc2cc(C(=O)O)sc12. The first-order valence-corrected chi connectivity index (χ1v) is 25.3. The molecule has 0 radical (unpaired) electrons. The first-order valence-electron chi connectivity index (χ1n) is 22.8. The zero-order valence-electron chi connectivity index (χ0n) is 40.6. The average molecular weight is 1030 g/mol. The second-order valence-electron chi connectivity index (χ2n) is 17.1. The molecule has 0 saturated carbocycles. The van der Waals surface area contributed by atoms with Gasteiger partial charge in [0.1, 0.15) is 23.6 Å². The minimum atomic E-state index is -1.09. The third kappa shape index (κ3) is 16.9. The first-order chi connectivity index (χ1) is 33.9. The van der Waals surface area contributed by atoms with Gasteiger partial charge in [0, 0.05) is 31.7 Å². The van der Waals surface area contributed by atoms with Gasteiger partial charge in [0.15, 0.2) is 0 Å². The van der Waals surface area contributed by atoms with Crippen LogP contribution < -0.4 is 21.7 Å². The number of ether oxygens (including phenoxy) is 3. The molecule has 71 heavy (non-hydrogen) atoms. The lowest BCUT2D eigenvalue weighted by Crippen LogP contribution is -2.49. The molecule has 20 heteroatoms. The summed E-state index contributed by atoms with van der Waals surface area (Å²) in [5, 5.41) is 16.7. The van der Waals surface area contributed by atoms with Gasteiger partial charge in [-0.1, -0.05) is 58.0 Å². The number of nitrogens with two attached hydrogens (primary N) is 1. The van der Waals surface area contributed by atoms with Crippen LogP contribution in [0.25, 0.3) is 30.6 Å². The van der Waals surface area contributed by atoms with Crippen molar-refractivity contribution in [2.75, 3.05) is 26.3 Å². The maximum Gasteiger partial charge on any atom is 0.408 e. The van der Waals surface area contributed by atoms with Crippen molar-refractivity contribution in [3.63, 3.8) is 0 Å². The van der Waals surface area contributed by atoms with E-state index < -0.39 is 36.1 Å². The van der Waals surface area contributed by atoms with Crippen LogP contribution in [-0.2, 0) is 30.4 Å². The Kier molecular flexibility index (Phi) is 20.9. The molecule has 0 aliphatic carbocycles. The van der Waals surface area contributed by atoms with Crippen LogP contribution in [0.3, 0.4) is 0 Å². The number of esters is 2. The van der Waals surface area contributed by atoms with Gasteiger partial charge in [0.05, 0.1) is 53.6 Å². The molecule has 0 aliphatic rings. The normalized spacial score (nSPS) is 11.7. The van der Waals surface area contributed by atoms with Crippen LogP contribution in [0.5, 0.6) is 0 Å². The number of benzene rings is 1. The molecule has 6 N–H and O–H groups in total. The fraction of sp³-hybridized carbons (Fsp3) is 0.353. The van der Waals surface area contributed by atoms with Gasteiger partial charge in [-0.05, 0) is 104 Å². The Morgan fingerprint density at radius 3 is 1.49 bits per heavy atom. The molecule has 2 atom stereocenters. The first kappa shape index (κ1) is 55.1. The summed E-state index contributed by atoms with van der Waals surface area (Å²) in [6.07, 6.45) is 5.81. The third-order valence-corrected chi connectivity index (χ3v) is 14.2. The van der Waals surface area contributed by atoms with Gasteiger partial charge in [0.25, 0.3) is 11.8 Å². The standard InChI is InChI=1S/C25H29N3O5S.C17H23N3O3S.C9H7NO2S/c1-16(2)10-12-32-24(30)20(28-25(31)33-15-18-7-5-4-6-8-18)14-27-23(29)21-13-19-22(34-21)17(3)9-11-26-19;1-10(2)5-7-23-17(22)12(18)9-20-16(21)14-8-13-15(24-14)11(3)4-6-19-13;1-5-2-3-10-6-4-7(9(11)12)13-8(5)6/h4-9,11,13,16,20H,10,12,14-15H2,1-3H3,(H,27,29)(H,28,31);4,6,8,10,12H,5,7,9,18H2,1-3H3,(H,20,21);2-4H,1H3,(H,11,12)/t20-;12-;/m11./s1. The van der Waals surface area contributed by atoms with Gasteiger partial charge in [-0.25, -0.2) is 14.4 Å². The molecule has 1 aromatic carbocycles. The van der Waals surface area contributed by atoms with Crippen molar-refractivity contribution in [2.24, 2.45) is 17.6 Å². The molecule has 0 spiro atoms. The summed E-state index contributed by atoms with van der Waals surface area (Å²) >= 11 is 3.97. The monoisotopic (exact) mass is 1030 g/mol. The van der Waals surface area contributed by atoms with E-state index in [0.717, 1.165) is 59.3 Å². The fourth-order valence-corrected chi connectivity index (χ4v) is 9.20. The van der Waals surface area contributed by atoms with E-state index >= 15 is 0 Å². The molecular formula is C51H59N7O10S3. The lowest BCUT2D eigenvalue weighted by Gasteiger charge is -2.18. The van der Waals surface area contributed by atoms with Gasteiger partial charge in [-0.15, -0.1) is 34.0 Å². The van der Waals surface area contributed by atoms with Gasteiger partial charge >= 0.3 is 24.0 Å². The second-order valence-corrected chi connectivity index (χ2v) is 20.3. The zero-order valence-corrected chi connectivity index (χ0v) is 43.1. The summed E-state index contributed by atoms with van der Waals surface area (Å²) in [7, 11) is 0. The number of rotatable bonds is 18. The summed E-state index contributed by atoms with van der Waals surface area (Å²) in [6.45, 7) is 14.6. The zero-order chi connectivity index (χ0) is 51.6. The molecule has 17 nitrogen and oxygen atoms in total. The number of thiophene rings is 3. The minimum absolute atomic E-state index is 0.0417. The number of carboxylic acid groups (broad SMARTS) is 1. The number of hydrogen-bond donors (Lipinski definition) is 5. The Labute approximate surface area is 423 Å². The predicted octanol–water partition coefficient (Wildman–Crippen LogP) is 8.77. The number of aryl methyl sites for hydroxylation is 3. The Balaban J connectivity index is 0.000000218. The number of nitrogens with one attached hydrogen (secondary N) is 3. The molecule has 7 rings (SSSR count). The number of nitrogens with zero attached hydrogens (tertiary/aromatic N) is 3. The van der Waals surface area contributed by atoms with E-state index in [0.29, 0.717) is 39.5 Å². The number of pyridine rings is 3. The van der Waals surface area contributed by atoms with Crippen LogP contribution in [-0.4, -0.2) is 94.3 Å². The van der Waals surface area contributed by atoms with Crippen LogP contribution in [0.2, 0.25) is 0 Å². The van der Waals surface area contributed by atoms with Crippen molar-refractivity contribution in [3.05, 3.63) is 122 Å². The largest absolute Gasteiger partial charge is 0.477 e. The van der Waals surface area contributed by atoms with Crippen LogP contribution in [0.15, 0.2) is 85.3 Å². The summed E-state index contributed by atoms with van der Waals surface area (Å²) in [4.78, 5) is 86.3. The quantitative estimate of drug-likeness (QED) is 0.0398. The second kappa shape index (κ2) is 26.9. The Morgan fingerprint density at radius 1 is 0.606 bits per heavy atom. The maximum absolute atomic E-state index is 12.7. The number of aromatic nitrogens is 3. The van der Waals surface area contributed by atoms with Crippen molar-refractivity contribution < 1.29 is 48.1 Å². The topological polar surface area (TPSA) is 251 Å². The lowest BCUT2D eigenvalue weighted by atomic mass is 10.1. The van der Waals surface area contributed by atoms with Gasteiger partial charge < -0.3 is 41.0 Å². The van der Waals surface area contributed by atoms with E-state index in [-0.39, 0.29) is 38.1 Å². The number of aromatic carboxylic acids is 1. The Bertz CT molecular complexity index is 2930. The highest BCUT2D eigenvalue weighted by atomic mass is 32.1. The van der Waals surface area contributed by atoms with Crippen LogP contribution in [0.1, 0.15) is 91.8 Å². The highest BCUT2D eigenvalue weighted by Gasteiger charge is 2.25. The van der Waals surface area contributed by atoms with E-state index in [2.05, 4.69) is 44.7 Å². The maximum atomic E-state index is 12.7. The fourth-order valence-electron chi connectivity index (χ4n) is 6.28. The number of fused-ring (bicyclic) bond motifs is 3. The van der Waals surface area contributed by atoms with E-state index in [4.69, 9.17) is 25.1 Å². The molecule has 6 heterocycles. The number of hydrogen-bond acceptors (Lipinski definition) is 16. The molecule has 6 aromatic heterocycles. The Morgan fingerprint density at radius 2 is 1.04 bits per heavy atom. The summed E-state index contributed by atoms with van der Waals surface area (Å²) in [6, 6.07) is 18.0. The predicted molar refractivity (Wildman–Crippen MR) is 277 cm³/mol. The summed E-state index contributed by atoms with van der Waals surface area (Å²) in [5.41, 5.74) is 12.1. The molecular weight excluding hydrogens is 967 g/mol. The molecule has 0 aliphatic heterocycles. The van der Waals surface area contributed by atoms with Crippen molar-refractivity contribution in [1.82, 2.24) is 30.9 Å². The third-order valence-electron chi connectivity index (χ3n) is 10.4. The number of alkyl carbamates (subject to hydrolysis) is 1. The molecule has 7 aromatic rings. The van der Waals surface area contributed by atoms with E-state index in [1.165, 1.54) is 34.0 Å². The average Bonchev–Trinajstić information content (AvgIpc) is 4.11. The number of amides is 3. The molecule has 0 bridgehead atoms. The Hall–Kier alpha value is -6.87. The molecule has 0 saturated heterocycles. The summed E-state index contributed by atoms with van der Waals surface area (Å²) in [5.74, 6) is -1.82. The molecule has 0 unspecified atom stereocenters. The number of carbonyl (C=O) groups is 6. The van der Waals surface area contributed by atoms with E-state index in [1.807, 2.05) is 83.1 Å². The number of carbonyl (C=O) groups excluding carboxylic acids is 5. The molecule has 376 valence electrons. The smallest absolute Gasteiger partial charge is 0.408 e. The number of carboxylic acids is 1. The van der Waals surface area contributed by atoms with Crippen LogP contribution in [0, 0.1) is 32.6 Å². The van der Waals surface area contributed by atoms with Crippen molar-refractivity contribution in [1.29, 1.82) is 0 Å². The van der Waals surface area contributed by atoms with Crippen molar-refractivity contribution >= 4 is 100 Å². The summed E-state index contributed by atoms with van der Waals surface area (Å²) < 4.78 is 18.5. The van der Waals surface area contributed by atoms with Crippen molar-refractivity contribution in [3.8, 4) is 0 Å². The van der Waals surface area contributed by atoms with E-state index in [9.17, 15) is 28.8 Å². The van der Waals surface area contributed by atoms with E-state index in [1.54, 1.807) is 36.8 Å². The van der Waals surface area contributed by atoms with Gasteiger partial charge in [0.2, 0.25) is 0 Å².